The number of nitrogens with one attached hydrogen (secondary N) is 1. The lowest BCUT2D eigenvalue weighted by atomic mass is 9.95. The van der Waals surface area contributed by atoms with Gasteiger partial charge in [0, 0.05) is 12.6 Å². The summed E-state index contributed by atoms with van der Waals surface area (Å²) >= 11 is 0. The van der Waals surface area contributed by atoms with Crippen LogP contribution in [-0.4, -0.2) is 18.2 Å². The van der Waals surface area contributed by atoms with Gasteiger partial charge in [-0.15, -0.1) is 0 Å². The van der Waals surface area contributed by atoms with Crippen molar-refractivity contribution in [2.24, 2.45) is 0 Å². The Morgan fingerprint density at radius 1 is 0.905 bits per heavy atom. The topological polar surface area (TPSA) is 21.3 Å². The molecule has 3 atom stereocenters. The third-order valence-electron chi connectivity index (χ3n) is 4.74. The number of ether oxygens (including phenoxy) is 1. The molecule has 0 saturated carbocycles. The van der Waals surface area contributed by atoms with E-state index in [2.05, 4.69) is 59.9 Å². The van der Waals surface area contributed by atoms with Gasteiger partial charge in [0.05, 0.1) is 12.2 Å². The zero-order valence-electron chi connectivity index (χ0n) is 12.2. The maximum atomic E-state index is 5.89. The van der Waals surface area contributed by atoms with Crippen molar-refractivity contribution >= 4 is 0 Å². The quantitative estimate of drug-likeness (QED) is 0.920. The van der Waals surface area contributed by atoms with E-state index in [9.17, 15) is 0 Å². The van der Waals surface area contributed by atoms with Crippen molar-refractivity contribution in [3.8, 4) is 11.1 Å². The van der Waals surface area contributed by atoms with Crippen molar-refractivity contribution in [3.63, 3.8) is 0 Å². The first-order chi connectivity index (χ1) is 10.4. The minimum atomic E-state index is 0.457. The monoisotopic (exact) mass is 279 g/mol. The molecule has 2 bridgehead atoms. The van der Waals surface area contributed by atoms with Crippen LogP contribution in [0.15, 0.2) is 54.6 Å². The van der Waals surface area contributed by atoms with Crippen molar-refractivity contribution in [1.29, 1.82) is 0 Å². The Balaban J connectivity index is 1.38. The van der Waals surface area contributed by atoms with E-state index in [-0.39, 0.29) is 0 Å². The standard InChI is InChI=1S/C19H21NO/c1-2-4-15(5-3-1)16-8-6-14(7-9-16)13-20-18-12-17-10-11-19(18)21-17/h1-9,17-20H,10-13H2. The van der Waals surface area contributed by atoms with E-state index in [1.54, 1.807) is 0 Å². The summed E-state index contributed by atoms with van der Waals surface area (Å²) in [6.45, 7) is 0.937. The third-order valence-corrected chi connectivity index (χ3v) is 4.74. The molecule has 21 heavy (non-hydrogen) atoms. The van der Waals surface area contributed by atoms with Crippen molar-refractivity contribution in [3.05, 3.63) is 60.2 Å². The number of fused-ring (bicyclic) bond motifs is 2. The van der Waals surface area contributed by atoms with E-state index in [0.717, 1.165) is 6.54 Å². The molecular formula is C19H21NO. The maximum absolute atomic E-state index is 5.89. The normalized spacial score (nSPS) is 27.1. The molecule has 0 aliphatic carbocycles. The molecule has 0 spiro atoms. The van der Waals surface area contributed by atoms with Crippen molar-refractivity contribution in [2.45, 2.75) is 44.1 Å². The first-order valence-electron chi connectivity index (χ1n) is 7.92. The Labute approximate surface area is 126 Å². The SMILES string of the molecule is c1ccc(-c2ccc(CNC3CC4CCC3O4)cc2)cc1. The first kappa shape index (κ1) is 13.1. The highest BCUT2D eigenvalue weighted by molar-refractivity contribution is 5.63. The summed E-state index contributed by atoms with van der Waals surface area (Å²) in [5, 5.41) is 3.66. The van der Waals surface area contributed by atoms with Gasteiger partial charge in [0.15, 0.2) is 0 Å². The summed E-state index contributed by atoms with van der Waals surface area (Å²) in [5.41, 5.74) is 3.90. The van der Waals surface area contributed by atoms with E-state index in [4.69, 9.17) is 4.74 Å². The lowest BCUT2D eigenvalue weighted by Crippen LogP contribution is -2.36. The van der Waals surface area contributed by atoms with Crippen molar-refractivity contribution in [1.82, 2.24) is 5.32 Å². The van der Waals surface area contributed by atoms with Crippen LogP contribution in [0.5, 0.6) is 0 Å². The zero-order valence-corrected chi connectivity index (χ0v) is 12.2. The van der Waals surface area contributed by atoms with Gasteiger partial charge in [-0.25, -0.2) is 0 Å². The Hall–Kier alpha value is -1.64. The average Bonchev–Trinajstić information content (AvgIpc) is 3.17. The molecule has 0 amide bonds. The fourth-order valence-electron chi connectivity index (χ4n) is 3.55. The van der Waals surface area contributed by atoms with E-state index in [0.29, 0.717) is 18.2 Å². The molecule has 2 aromatic rings. The van der Waals surface area contributed by atoms with Gasteiger partial charge in [0.25, 0.3) is 0 Å². The molecule has 2 aromatic carbocycles. The van der Waals surface area contributed by atoms with Crippen molar-refractivity contribution < 1.29 is 4.74 Å². The van der Waals surface area contributed by atoms with Gasteiger partial charge in [-0.05, 0) is 36.0 Å². The minimum Gasteiger partial charge on any atom is -0.373 e. The Morgan fingerprint density at radius 2 is 1.67 bits per heavy atom. The summed E-state index contributed by atoms with van der Waals surface area (Å²) in [5.74, 6) is 0. The molecule has 4 rings (SSSR count). The van der Waals surface area contributed by atoms with E-state index < -0.39 is 0 Å². The Kier molecular flexibility index (Phi) is 3.50. The van der Waals surface area contributed by atoms with Crippen LogP contribution in [0.25, 0.3) is 11.1 Å². The summed E-state index contributed by atoms with van der Waals surface area (Å²) in [7, 11) is 0. The lowest BCUT2D eigenvalue weighted by molar-refractivity contribution is 0.0973. The highest BCUT2D eigenvalue weighted by atomic mass is 16.5. The lowest BCUT2D eigenvalue weighted by Gasteiger charge is -2.20. The third kappa shape index (κ3) is 2.74. The largest absolute Gasteiger partial charge is 0.373 e. The molecule has 0 radical (unpaired) electrons. The summed E-state index contributed by atoms with van der Waals surface area (Å²) in [6.07, 6.45) is 4.66. The minimum absolute atomic E-state index is 0.457. The van der Waals surface area contributed by atoms with E-state index >= 15 is 0 Å². The van der Waals surface area contributed by atoms with Gasteiger partial charge in [0.2, 0.25) is 0 Å². The smallest absolute Gasteiger partial charge is 0.0733 e. The van der Waals surface area contributed by atoms with Gasteiger partial charge in [-0.1, -0.05) is 54.6 Å². The van der Waals surface area contributed by atoms with Gasteiger partial charge >= 0.3 is 0 Å². The summed E-state index contributed by atoms with van der Waals surface area (Å²) in [4.78, 5) is 0. The number of hydrogen-bond acceptors (Lipinski definition) is 2. The average molecular weight is 279 g/mol. The second kappa shape index (κ2) is 5.63. The number of benzene rings is 2. The van der Waals surface area contributed by atoms with Crippen molar-refractivity contribution in [2.75, 3.05) is 0 Å². The first-order valence-corrected chi connectivity index (χ1v) is 7.92. The molecule has 0 aromatic heterocycles. The summed E-state index contributed by atoms with van der Waals surface area (Å²) < 4.78 is 5.89. The van der Waals surface area contributed by atoms with Crippen LogP contribution >= 0.6 is 0 Å². The Morgan fingerprint density at radius 3 is 2.33 bits per heavy atom. The predicted octanol–water partition coefficient (Wildman–Crippen LogP) is 3.76. The molecule has 2 saturated heterocycles. The van der Waals surface area contributed by atoms with Crippen LogP contribution in [-0.2, 0) is 11.3 Å². The second-order valence-corrected chi connectivity index (χ2v) is 6.16. The molecular weight excluding hydrogens is 258 g/mol. The molecule has 2 heterocycles. The highest BCUT2D eigenvalue weighted by Crippen LogP contribution is 2.34. The molecule has 2 aliphatic heterocycles. The van der Waals surface area contributed by atoms with E-state index in [1.807, 2.05) is 0 Å². The van der Waals surface area contributed by atoms with Crippen LogP contribution in [0.3, 0.4) is 0 Å². The molecule has 2 nitrogen and oxygen atoms in total. The molecule has 2 heteroatoms. The van der Waals surface area contributed by atoms with E-state index in [1.165, 1.54) is 36.0 Å². The second-order valence-electron chi connectivity index (χ2n) is 6.16. The number of hydrogen-bond donors (Lipinski definition) is 1. The predicted molar refractivity (Wildman–Crippen MR) is 85.0 cm³/mol. The van der Waals surface area contributed by atoms with Crippen LogP contribution in [0, 0.1) is 0 Å². The fraction of sp³-hybridized carbons (Fsp3) is 0.368. The maximum Gasteiger partial charge on any atom is 0.0733 e. The zero-order chi connectivity index (χ0) is 14.1. The fourth-order valence-corrected chi connectivity index (χ4v) is 3.55. The van der Waals surface area contributed by atoms with Crippen LogP contribution in [0.1, 0.15) is 24.8 Å². The number of rotatable bonds is 4. The van der Waals surface area contributed by atoms with Crippen LogP contribution in [0.2, 0.25) is 0 Å². The van der Waals surface area contributed by atoms with Gasteiger partial charge < -0.3 is 10.1 Å². The molecule has 3 unspecified atom stereocenters. The van der Waals surface area contributed by atoms with Gasteiger partial charge in [-0.3, -0.25) is 0 Å². The van der Waals surface area contributed by atoms with Crippen LogP contribution < -0.4 is 5.32 Å². The van der Waals surface area contributed by atoms with Crippen LogP contribution in [0.4, 0.5) is 0 Å². The Bertz CT molecular complexity index is 593. The highest BCUT2D eigenvalue weighted by Gasteiger charge is 2.40. The molecule has 108 valence electrons. The summed E-state index contributed by atoms with van der Waals surface area (Å²) in [6, 6.07) is 20.0. The van der Waals surface area contributed by atoms with Gasteiger partial charge in [0.1, 0.15) is 0 Å². The molecule has 2 aliphatic rings. The van der Waals surface area contributed by atoms with Gasteiger partial charge in [-0.2, -0.15) is 0 Å². The molecule has 1 N–H and O–H groups in total. The molecule has 2 fully saturated rings.